The van der Waals surface area contributed by atoms with Gasteiger partial charge in [-0.05, 0) is 13.8 Å². The van der Waals surface area contributed by atoms with Gasteiger partial charge < -0.3 is 14.5 Å². The molecule has 0 radical (unpaired) electrons. The second-order valence-corrected chi connectivity index (χ2v) is 5.50. The third kappa shape index (κ3) is 2.01. The molecule has 0 N–H and O–H groups in total. The van der Waals surface area contributed by atoms with Crippen LogP contribution in [-0.4, -0.2) is 53.2 Å². The Labute approximate surface area is 112 Å². The Morgan fingerprint density at radius 3 is 2.84 bits per heavy atom. The van der Waals surface area contributed by atoms with E-state index >= 15 is 0 Å². The maximum Gasteiger partial charge on any atom is 0.410 e. The van der Waals surface area contributed by atoms with Gasteiger partial charge in [0.15, 0.2) is 5.60 Å². The van der Waals surface area contributed by atoms with E-state index in [1.54, 1.807) is 18.1 Å². The molecule has 3 rings (SSSR count). The molecule has 2 fully saturated rings. The van der Waals surface area contributed by atoms with Crippen LogP contribution in [0.4, 0.5) is 10.6 Å². The van der Waals surface area contributed by atoms with Crippen molar-refractivity contribution in [3.63, 3.8) is 0 Å². The van der Waals surface area contributed by atoms with Crippen LogP contribution in [0.25, 0.3) is 0 Å². The average Bonchev–Trinajstić information content (AvgIpc) is 2.87. The van der Waals surface area contributed by atoms with E-state index in [0.29, 0.717) is 13.1 Å². The Bertz CT molecular complexity index is 533. The van der Waals surface area contributed by atoms with E-state index in [0.717, 1.165) is 30.2 Å². The van der Waals surface area contributed by atoms with Gasteiger partial charge in [0.2, 0.25) is 0 Å². The zero-order valence-electron chi connectivity index (χ0n) is 11.5. The molecule has 1 aromatic heterocycles. The number of anilines is 1. The largest absolute Gasteiger partial charge is 0.439 e. The third-order valence-electron chi connectivity index (χ3n) is 3.81. The van der Waals surface area contributed by atoms with Gasteiger partial charge in [-0.3, -0.25) is 4.98 Å². The molecule has 1 amide bonds. The summed E-state index contributed by atoms with van der Waals surface area (Å²) in [6, 6.07) is 0. The van der Waals surface area contributed by atoms with Crippen molar-refractivity contribution in [3.8, 4) is 0 Å². The molecule has 0 aromatic carbocycles. The lowest BCUT2D eigenvalue weighted by Crippen LogP contribution is -2.37. The van der Waals surface area contributed by atoms with E-state index in [-0.39, 0.29) is 11.7 Å². The molecule has 0 bridgehead atoms. The first kappa shape index (κ1) is 12.2. The monoisotopic (exact) mass is 262 g/mol. The first-order valence-electron chi connectivity index (χ1n) is 6.48. The molecule has 0 saturated carbocycles. The molecule has 0 aliphatic carbocycles. The van der Waals surface area contributed by atoms with E-state index in [9.17, 15) is 4.79 Å². The molecule has 1 aromatic rings. The number of aromatic nitrogens is 2. The van der Waals surface area contributed by atoms with Crippen molar-refractivity contribution in [2.75, 3.05) is 31.6 Å². The molecule has 3 heterocycles. The first-order valence-corrected chi connectivity index (χ1v) is 6.48. The van der Waals surface area contributed by atoms with Crippen LogP contribution in [0.2, 0.25) is 0 Å². The number of aryl methyl sites for hydroxylation is 2. The van der Waals surface area contributed by atoms with Gasteiger partial charge in [0.25, 0.3) is 0 Å². The van der Waals surface area contributed by atoms with Gasteiger partial charge in [-0.15, -0.1) is 0 Å². The highest BCUT2D eigenvalue weighted by Gasteiger charge is 2.49. The van der Waals surface area contributed by atoms with Gasteiger partial charge in [-0.2, -0.15) is 0 Å². The van der Waals surface area contributed by atoms with E-state index in [1.807, 2.05) is 13.8 Å². The summed E-state index contributed by atoms with van der Waals surface area (Å²) in [5.74, 6) is 0.905. The number of rotatable bonds is 1. The summed E-state index contributed by atoms with van der Waals surface area (Å²) in [6.07, 6.45) is 2.39. The van der Waals surface area contributed by atoms with Crippen molar-refractivity contribution in [1.29, 1.82) is 0 Å². The van der Waals surface area contributed by atoms with Crippen LogP contribution < -0.4 is 4.90 Å². The highest BCUT2D eigenvalue weighted by Crippen LogP contribution is 2.34. The quantitative estimate of drug-likeness (QED) is 0.759. The van der Waals surface area contributed by atoms with Crippen LogP contribution in [0.3, 0.4) is 0 Å². The van der Waals surface area contributed by atoms with Crippen molar-refractivity contribution in [1.82, 2.24) is 14.9 Å². The van der Waals surface area contributed by atoms with Crippen molar-refractivity contribution >= 4 is 11.9 Å². The summed E-state index contributed by atoms with van der Waals surface area (Å²) in [5.41, 5.74) is 1.45. The van der Waals surface area contributed by atoms with Crippen molar-refractivity contribution in [3.05, 3.63) is 17.6 Å². The van der Waals surface area contributed by atoms with Crippen LogP contribution in [0.15, 0.2) is 6.20 Å². The number of amides is 1. The molecule has 6 nitrogen and oxygen atoms in total. The minimum absolute atomic E-state index is 0.228. The normalized spacial score (nSPS) is 26.4. The van der Waals surface area contributed by atoms with E-state index < -0.39 is 0 Å². The number of nitrogens with zero attached hydrogens (tertiary/aromatic N) is 4. The Morgan fingerprint density at radius 1 is 1.37 bits per heavy atom. The summed E-state index contributed by atoms with van der Waals surface area (Å²) < 4.78 is 5.54. The topological polar surface area (TPSA) is 58.6 Å². The summed E-state index contributed by atoms with van der Waals surface area (Å²) in [7, 11) is 1.78. The predicted molar refractivity (Wildman–Crippen MR) is 70.2 cm³/mol. The Hall–Kier alpha value is -1.85. The van der Waals surface area contributed by atoms with Gasteiger partial charge in [0.1, 0.15) is 5.82 Å². The van der Waals surface area contributed by atoms with Crippen LogP contribution >= 0.6 is 0 Å². The maximum absolute atomic E-state index is 11.6. The van der Waals surface area contributed by atoms with E-state index in [1.165, 1.54) is 0 Å². The number of ether oxygens (including phenoxy) is 1. The second-order valence-electron chi connectivity index (χ2n) is 5.50. The van der Waals surface area contributed by atoms with Gasteiger partial charge in [-0.1, -0.05) is 0 Å². The van der Waals surface area contributed by atoms with Crippen molar-refractivity contribution in [2.45, 2.75) is 25.9 Å². The van der Waals surface area contributed by atoms with Crippen LogP contribution in [0.1, 0.15) is 17.8 Å². The third-order valence-corrected chi connectivity index (χ3v) is 3.81. The number of carbonyl (C=O) groups excluding carboxylic acids is 1. The fourth-order valence-corrected chi connectivity index (χ4v) is 2.85. The molecule has 1 spiro atoms. The molecule has 1 atom stereocenters. The fourth-order valence-electron chi connectivity index (χ4n) is 2.85. The van der Waals surface area contributed by atoms with Crippen molar-refractivity contribution in [2.24, 2.45) is 0 Å². The molecule has 2 saturated heterocycles. The lowest BCUT2D eigenvalue weighted by Gasteiger charge is -2.23. The summed E-state index contributed by atoms with van der Waals surface area (Å²) in [6.45, 7) is 6.09. The zero-order valence-corrected chi connectivity index (χ0v) is 11.5. The van der Waals surface area contributed by atoms with Gasteiger partial charge in [0.05, 0.1) is 24.5 Å². The van der Waals surface area contributed by atoms with Crippen LogP contribution in [0, 0.1) is 13.8 Å². The Morgan fingerprint density at radius 2 is 2.16 bits per heavy atom. The summed E-state index contributed by atoms with van der Waals surface area (Å²) in [5, 5.41) is 0. The molecule has 0 unspecified atom stereocenters. The number of likely N-dealkylation sites (N-methyl/N-ethyl adjacent to an activating group) is 1. The van der Waals surface area contributed by atoms with Crippen molar-refractivity contribution < 1.29 is 9.53 Å². The van der Waals surface area contributed by atoms with Gasteiger partial charge >= 0.3 is 6.09 Å². The van der Waals surface area contributed by atoms with Gasteiger partial charge in [-0.25, -0.2) is 9.78 Å². The predicted octanol–water partition coefficient (Wildman–Crippen LogP) is 1.12. The second kappa shape index (κ2) is 4.08. The lowest BCUT2D eigenvalue weighted by atomic mass is 10.0. The van der Waals surface area contributed by atoms with E-state index in [2.05, 4.69) is 14.9 Å². The standard InChI is InChI=1S/C13H18N4O2/c1-9-6-14-10(2)11(15-9)17-5-4-13(8-17)7-16(3)12(18)19-13/h6H,4-5,7-8H2,1-3H3/t13-/m0/s1. The van der Waals surface area contributed by atoms with Crippen LogP contribution in [-0.2, 0) is 4.74 Å². The van der Waals surface area contributed by atoms with E-state index in [4.69, 9.17) is 4.74 Å². The molecule has 2 aliphatic heterocycles. The zero-order chi connectivity index (χ0) is 13.6. The summed E-state index contributed by atoms with van der Waals surface area (Å²) in [4.78, 5) is 24.3. The minimum Gasteiger partial charge on any atom is -0.439 e. The smallest absolute Gasteiger partial charge is 0.410 e. The molecule has 102 valence electrons. The number of hydrogen-bond donors (Lipinski definition) is 0. The molecular formula is C13H18N4O2. The number of carbonyl (C=O) groups is 1. The van der Waals surface area contributed by atoms with Gasteiger partial charge in [0, 0.05) is 26.2 Å². The minimum atomic E-state index is -0.371. The SMILES string of the molecule is Cc1cnc(C)c(N2CC[C@]3(CN(C)C(=O)O3)C2)n1. The fraction of sp³-hybridized carbons (Fsp3) is 0.615. The molecule has 19 heavy (non-hydrogen) atoms. The average molecular weight is 262 g/mol. The molecular weight excluding hydrogens is 244 g/mol. The molecule has 2 aliphatic rings. The lowest BCUT2D eigenvalue weighted by molar-refractivity contribution is 0.0741. The Balaban J connectivity index is 1.83. The van der Waals surface area contributed by atoms with Crippen LogP contribution in [0.5, 0.6) is 0 Å². The first-order chi connectivity index (χ1) is 8.99. The number of hydrogen-bond acceptors (Lipinski definition) is 5. The highest BCUT2D eigenvalue weighted by molar-refractivity contribution is 5.70. The Kier molecular flexibility index (Phi) is 2.62. The maximum atomic E-state index is 11.6. The molecule has 6 heteroatoms. The summed E-state index contributed by atoms with van der Waals surface area (Å²) >= 11 is 0. The highest BCUT2D eigenvalue weighted by atomic mass is 16.6.